The highest BCUT2D eigenvalue weighted by Crippen LogP contribution is 2.46. The fourth-order valence-electron chi connectivity index (χ4n) is 6.64. The Morgan fingerprint density at radius 3 is 1.65 bits per heavy atom. The molecular weight excluding hydrogens is 625 g/mol. The molecule has 224 valence electrons. The molecule has 0 bridgehead atoms. The quantitative estimate of drug-likeness (QED) is 0.178. The van der Waals surface area contributed by atoms with Gasteiger partial charge in [0.2, 0.25) is 0 Å². The summed E-state index contributed by atoms with van der Waals surface area (Å²) in [4.78, 5) is 20.0. The van der Waals surface area contributed by atoms with Crippen LogP contribution in [0.2, 0.25) is 0 Å². The maximum Gasteiger partial charge on any atom is 0.164 e. The summed E-state index contributed by atoms with van der Waals surface area (Å²) in [5, 5.41) is 8.46. The van der Waals surface area contributed by atoms with Gasteiger partial charge >= 0.3 is 0 Å². The lowest BCUT2D eigenvalue weighted by Gasteiger charge is -2.11. The Kier molecular flexibility index (Phi) is 6.19. The first-order chi connectivity index (χ1) is 23.8. The van der Waals surface area contributed by atoms with E-state index in [1.54, 1.807) is 11.3 Å². The van der Waals surface area contributed by atoms with E-state index in [1.807, 2.05) is 78.1 Å². The molecule has 0 fully saturated rings. The maximum atomic E-state index is 5.02. The van der Waals surface area contributed by atoms with Crippen molar-refractivity contribution in [3.63, 3.8) is 0 Å². The van der Waals surface area contributed by atoms with Crippen LogP contribution in [0, 0.1) is 0 Å². The van der Waals surface area contributed by atoms with E-state index in [9.17, 15) is 0 Å². The van der Waals surface area contributed by atoms with Gasteiger partial charge < -0.3 is 0 Å². The van der Waals surface area contributed by atoms with Gasteiger partial charge in [-0.25, -0.2) is 19.9 Å². The van der Waals surface area contributed by atoms with Crippen molar-refractivity contribution in [2.75, 3.05) is 0 Å². The number of benzene rings is 7. The minimum Gasteiger partial charge on any atom is -0.236 e. The molecule has 3 aromatic heterocycles. The van der Waals surface area contributed by atoms with Crippen molar-refractivity contribution < 1.29 is 0 Å². The van der Waals surface area contributed by atoms with Gasteiger partial charge in [-0.15, -0.1) is 22.7 Å². The Bertz CT molecular complexity index is 2770. The van der Waals surface area contributed by atoms with Crippen molar-refractivity contribution in [1.29, 1.82) is 0 Å². The van der Waals surface area contributed by atoms with E-state index in [0.717, 1.165) is 32.8 Å². The average molecular weight is 649 g/mol. The number of thiophene rings is 1. The van der Waals surface area contributed by atoms with E-state index in [1.165, 1.54) is 46.4 Å². The number of rotatable bonds is 4. The van der Waals surface area contributed by atoms with Gasteiger partial charge in [0.05, 0.1) is 14.9 Å². The lowest BCUT2D eigenvalue weighted by molar-refractivity contribution is 1.07. The largest absolute Gasteiger partial charge is 0.236 e. The molecule has 48 heavy (non-hydrogen) atoms. The second-order valence-corrected chi connectivity index (χ2v) is 13.9. The van der Waals surface area contributed by atoms with Gasteiger partial charge in [0.15, 0.2) is 17.5 Å². The van der Waals surface area contributed by atoms with Gasteiger partial charge in [-0.3, -0.25) is 0 Å². The number of hydrogen-bond donors (Lipinski definition) is 0. The van der Waals surface area contributed by atoms with Crippen molar-refractivity contribution >= 4 is 74.6 Å². The predicted octanol–water partition coefficient (Wildman–Crippen LogP) is 11.8. The first-order valence-corrected chi connectivity index (χ1v) is 17.4. The fourth-order valence-corrected chi connectivity index (χ4v) is 9.05. The van der Waals surface area contributed by atoms with Gasteiger partial charge in [-0.05, 0) is 39.7 Å². The number of fused-ring (bicyclic) bond motifs is 9. The molecule has 0 N–H and O–H groups in total. The Morgan fingerprint density at radius 2 is 0.958 bits per heavy atom. The summed E-state index contributed by atoms with van der Waals surface area (Å²) in [5.74, 6) is 1.98. The lowest BCUT2D eigenvalue weighted by Crippen LogP contribution is -2.00. The first-order valence-electron chi connectivity index (χ1n) is 15.8. The Balaban J connectivity index is 1.21. The van der Waals surface area contributed by atoms with Crippen molar-refractivity contribution in [1.82, 2.24) is 19.9 Å². The zero-order valence-corrected chi connectivity index (χ0v) is 27.1. The fraction of sp³-hybridized carbons (Fsp3) is 0. The molecule has 10 aromatic rings. The summed E-state index contributed by atoms with van der Waals surface area (Å²) in [7, 11) is 0. The number of hydrogen-bond acceptors (Lipinski definition) is 6. The van der Waals surface area contributed by atoms with E-state index >= 15 is 0 Å². The van der Waals surface area contributed by atoms with Crippen LogP contribution in [0.25, 0.3) is 96.7 Å². The van der Waals surface area contributed by atoms with Crippen LogP contribution in [0.1, 0.15) is 0 Å². The number of aromatic nitrogens is 4. The normalized spacial score (nSPS) is 11.8. The summed E-state index contributed by atoms with van der Waals surface area (Å²) < 4.78 is 3.81. The van der Waals surface area contributed by atoms with Crippen LogP contribution in [-0.4, -0.2) is 19.9 Å². The van der Waals surface area contributed by atoms with Gasteiger partial charge in [0, 0.05) is 37.7 Å². The molecule has 0 atom stereocenters. The number of thiazole rings is 1. The molecule has 0 aliphatic carbocycles. The maximum absolute atomic E-state index is 5.02. The summed E-state index contributed by atoms with van der Waals surface area (Å²) >= 11 is 3.64. The zero-order valence-electron chi connectivity index (χ0n) is 25.5. The Labute approximate surface area is 283 Å². The molecule has 0 saturated carbocycles. The summed E-state index contributed by atoms with van der Waals surface area (Å²) in [5.41, 5.74) is 5.08. The van der Waals surface area contributed by atoms with Crippen LogP contribution in [0.3, 0.4) is 0 Å². The summed E-state index contributed by atoms with van der Waals surface area (Å²) in [6.45, 7) is 0. The molecule has 6 heteroatoms. The van der Waals surface area contributed by atoms with E-state index in [-0.39, 0.29) is 0 Å². The number of nitrogens with zero attached hydrogens (tertiary/aromatic N) is 4. The van der Waals surface area contributed by atoms with E-state index in [0.29, 0.717) is 17.5 Å². The molecule has 0 amide bonds. The third-order valence-electron chi connectivity index (χ3n) is 8.94. The molecule has 7 aromatic carbocycles. The van der Waals surface area contributed by atoms with E-state index in [4.69, 9.17) is 19.9 Å². The van der Waals surface area contributed by atoms with Gasteiger partial charge in [-0.1, -0.05) is 127 Å². The second kappa shape index (κ2) is 10.9. The van der Waals surface area contributed by atoms with Gasteiger partial charge in [0.1, 0.15) is 5.01 Å². The minimum atomic E-state index is 0.656. The third kappa shape index (κ3) is 4.42. The molecule has 0 aliphatic rings. The average Bonchev–Trinajstić information content (AvgIpc) is 3.78. The third-order valence-corrected chi connectivity index (χ3v) is 11.4. The Morgan fingerprint density at radius 1 is 0.375 bits per heavy atom. The zero-order chi connectivity index (χ0) is 31.6. The van der Waals surface area contributed by atoms with Crippen LogP contribution in [-0.2, 0) is 0 Å². The highest BCUT2D eigenvalue weighted by Gasteiger charge is 2.18. The SMILES string of the molecule is c1ccc(-c2nc(-c3ccccc3)nc(-c3ccc4ccc5ccc6sc7c(ccc8nc(-c9ccccc9)sc87)c6c5c4c3)n2)cc1. The topological polar surface area (TPSA) is 51.6 Å². The monoisotopic (exact) mass is 648 g/mol. The van der Waals surface area contributed by atoms with Crippen molar-refractivity contribution in [3.05, 3.63) is 146 Å². The van der Waals surface area contributed by atoms with Crippen molar-refractivity contribution in [2.24, 2.45) is 0 Å². The van der Waals surface area contributed by atoms with Crippen LogP contribution < -0.4 is 0 Å². The summed E-state index contributed by atoms with van der Waals surface area (Å²) in [6, 6.07) is 50.7. The van der Waals surface area contributed by atoms with Gasteiger partial charge in [0.25, 0.3) is 0 Å². The van der Waals surface area contributed by atoms with E-state index in [2.05, 4.69) is 78.9 Å². The van der Waals surface area contributed by atoms with Crippen LogP contribution >= 0.6 is 22.7 Å². The summed E-state index contributed by atoms with van der Waals surface area (Å²) in [6.07, 6.45) is 0. The van der Waals surface area contributed by atoms with Crippen LogP contribution in [0.4, 0.5) is 0 Å². The standard InChI is InChI=1S/C42H24N4S2/c1-4-10-27(11-5-1)39-44-40(28-12-6-2-7-13-28)46-41(45-39)30-19-17-25-16-18-26-20-23-34-36(35(26)32(25)24-30)31-21-22-33-38(37(31)47-34)48-42(43-33)29-14-8-3-9-15-29/h1-24H. The smallest absolute Gasteiger partial charge is 0.164 e. The molecule has 0 aliphatic heterocycles. The molecule has 0 saturated heterocycles. The van der Waals surface area contributed by atoms with Crippen molar-refractivity contribution in [2.45, 2.75) is 0 Å². The molecular formula is C42H24N4S2. The molecule has 10 rings (SSSR count). The lowest BCUT2D eigenvalue weighted by atomic mass is 9.96. The highest BCUT2D eigenvalue weighted by molar-refractivity contribution is 7.32. The minimum absolute atomic E-state index is 0.656. The molecule has 3 heterocycles. The first kappa shape index (κ1) is 27.3. The molecule has 0 unspecified atom stereocenters. The van der Waals surface area contributed by atoms with Crippen LogP contribution in [0.5, 0.6) is 0 Å². The molecule has 0 radical (unpaired) electrons. The second-order valence-electron chi connectivity index (χ2n) is 11.9. The molecule has 4 nitrogen and oxygen atoms in total. The van der Waals surface area contributed by atoms with Crippen LogP contribution in [0.15, 0.2) is 146 Å². The van der Waals surface area contributed by atoms with Gasteiger partial charge in [-0.2, -0.15) is 0 Å². The van der Waals surface area contributed by atoms with E-state index < -0.39 is 0 Å². The Hall–Kier alpha value is -5.82. The molecule has 0 spiro atoms. The van der Waals surface area contributed by atoms with Crippen molar-refractivity contribution in [3.8, 4) is 44.7 Å². The predicted molar refractivity (Wildman–Crippen MR) is 203 cm³/mol. The highest BCUT2D eigenvalue weighted by atomic mass is 32.1.